The lowest BCUT2D eigenvalue weighted by molar-refractivity contribution is 0.458. The van der Waals surface area contributed by atoms with Gasteiger partial charge in [-0.15, -0.1) is 0 Å². The normalized spacial score (nSPS) is 12.9. The van der Waals surface area contributed by atoms with Gasteiger partial charge in [0.25, 0.3) is 0 Å². The van der Waals surface area contributed by atoms with Gasteiger partial charge >= 0.3 is 11.5 Å². The van der Waals surface area contributed by atoms with Crippen molar-refractivity contribution in [3.8, 4) is 22.6 Å². The van der Waals surface area contributed by atoms with E-state index in [-0.39, 0.29) is 21.3 Å². The maximum absolute atomic E-state index is 14.3. The summed E-state index contributed by atoms with van der Waals surface area (Å²) in [5.74, 6) is 2.22. The highest BCUT2D eigenvalue weighted by molar-refractivity contribution is 5.79. The third kappa shape index (κ3) is 6.68. The lowest BCUT2D eigenvalue weighted by atomic mass is 9.88. The summed E-state index contributed by atoms with van der Waals surface area (Å²) in [7, 11) is 0. The van der Waals surface area contributed by atoms with Gasteiger partial charge in [-0.2, -0.15) is 0 Å². The molecule has 0 radical (unpaired) electrons. The number of benzene rings is 4. The van der Waals surface area contributed by atoms with Crippen molar-refractivity contribution in [3.05, 3.63) is 204 Å². The van der Waals surface area contributed by atoms with Crippen LogP contribution in [0.1, 0.15) is 52.3 Å². The van der Waals surface area contributed by atoms with Crippen LogP contribution in [0.4, 0.5) is 0 Å². The van der Waals surface area contributed by atoms with Crippen LogP contribution < -0.4 is 21.3 Å². The van der Waals surface area contributed by atoms with E-state index in [0.29, 0.717) is 40.6 Å². The van der Waals surface area contributed by atoms with E-state index in [1.807, 2.05) is 156 Å². The van der Waals surface area contributed by atoms with Crippen molar-refractivity contribution in [2.24, 2.45) is 5.92 Å². The summed E-state index contributed by atoms with van der Waals surface area (Å²) in [6.45, 7) is 14.2. The smallest absolute Gasteiger partial charge is 0.361 e. The van der Waals surface area contributed by atoms with Gasteiger partial charge in [0.05, 0.1) is 33.7 Å². The zero-order chi connectivity index (χ0) is 36.5. The molecular formula is C48H41O4+. The maximum Gasteiger partial charge on any atom is 0.361 e. The van der Waals surface area contributed by atoms with E-state index in [1.165, 1.54) is 0 Å². The van der Waals surface area contributed by atoms with E-state index in [4.69, 9.17) is 9.15 Å². The van der Waals surface area contributed by atoms with Gasteiger partial charge in [0.2, 0.25) is 10.9 Å². The van der Waals surface area contributed by atoms with Crippen LogP contribution in [0.25, 0.3) is 45.3 Å². The van der Waals surface area contributed by atoms with Gasteiger partial charge < -0.3 is 4.74 Å². The first-order valence-corrected chi connectivity index (χ1v) is 17.7. The van der Waals surface area contributed by atoms with Gasteiger partial charge in [-0.05, 0) is 87.2 Å². The largest absolute Gasteiger partial charge is 0.457 e. The fraction of sp³-hybridized carbons (Fsp3) is 0.146. The molecule has 0 N–H and O–H groups in total. The van der Waals surface area contributed by atoms with E-state index >= 15 is 0 Å². The van der Waals surface area contributed by atoms with Crippen molar-refractivity contribution < 1.29 is 9.15 Å². The molecule has 0 saturated carbocycles. The molecule has 0 amide bonds. The molecule has 0 unspecified atom stereocenters. The Morgan fingerprint density at radius 2 is 1.00 bits per heavy atom. The Bertz CT molecular complexity index is 2420. The number of aryl methyl sites for hydroxylation is 4. The van der Waals surface area contributed by atoms with E-state index in [1.54, 1.807) is 6.08 Å². The Morgan fingerprint density at radius 1 is 0.615 bits per heavy atom. The molecule has 52 heavy (non-hydrogen) atoms. The number of ether oxygens (including phenoxy) is 1. The fourth-order valence-electron chi connectivity index (χ4n) is 6.74. The second-order valence-electron chi connectivity index (χ2n) is 13.6. The monoisotopic (exact) mass is 681 g/mol. The summed E-state index contributed by atoms with van der Waals surface area (Å²) in [5.41, 5.74) is 9.70. The van der Waals surface area contributed by atoms with Gasteiger partial charge in [0, 0.05) is 17.0 Å². The minimum Gasteiger partial charge on any atom is -0.457 e. The van der Waals surface area contributed by atoms with E-state index in [9.17, 15) is 9.59 Å². The highest BCUT2D eigenvalue weighted by Crippen LogP contribution is 2.36. The molecule has 1 aliphatic heterocycles. The highest BCUT2D eigenvalue weighted by Gasteiger charge is 2.26. The molecule has 0 saturated heterocycles. The van der Waals surface area contributed by atoms with Crippen LogP contribution in [0.3, 0.4) is 0 Å². The van der Waals surface area contributed by atoms with Crippen molar-refractivity contribution >= 4 is 22.7 Å². The first-order chi connectivity index (χ1) is 25.1. The summed E-state index contributed by atoms with van der Waals surface area (Å²) in [6, 6.07) is 36.4. The Kier molecular flexibility index (Phi) is 9.40. The van der Waals surface area contributed by atoms with Crippen LogP contribution >= 0.6 is 0 Å². The summed E-state index contributed by atoms with van der Waals surface area (Å²) in [6.07, 6.45) is 6.06. The molecule has 256 valence electrons. The number of hydrogen-bond acceptors (Lipinski definition) is 3. The average molecular weight is 682 g/mol. The molecule has 0 spiro atoms. The third-order valence-electron chi connectivity index (χ3n) is 9.80. The Labute approximate surface area is 304 Å². The SMILES string of the molecule is C=CC(=c1c(=O)c(=C(CC)c2cc(-c3ccc(C)cc3)[o+]c(-c3ccc(C)cc3)c2)c1=O)C1C=C(c2ccc(C)cc2)OC(c2ccc(C)cc2)=C1. The number of allylic oxidation sites excluding steroid dienone is 3. The Morgan fingerprint density at radius 3 is 1.37 bits per heavy atom. The van der Waals surface area contributed by atoms with Crippen molar-refractivity contribution in [2.45, 2.75) is 41.0 Å². The number of hydrogen-bond donors (Lipinski definition) is 0. The zero-order valence-electron chi connectivity index (χ0n) is 30.2. The summed E-state index contributed by atoms with van der Waals surface area (Å²) < 4.78 is 12.9. The summed E-state index contributed by atoms with van der Waals surface area (Å²) in [5, 5.41) is 0.380. The lowest BCUT2D eigenvalue weighted by Gasteiger charge is -2.23. The fourth-order valence-corrected chi connectivity index (χ4v) is 6.74. The average Bonchev–Trinajstić information content (AvgIpc) is 3.16. The molecular weight excluding hydrogens is 641 g/mol. The van der Waals surface area contributed by atoms with Gasteiger partial charge in [-0.1, -0.05) is 115 Å². The van der Waals surface area contributed by atoms with Crippen LogP contribution in [0, 0.1) is 33.6 Å². The van der Waals surface area contributed by atoms with E-state index in [2.05, 4.69) is 6.58 Å². The minimum absolute atomic E-state index is 0.167. The predicted octanol–water partition coefficient (Wildman–Crippen LogP) is 9.40. The molecule has 5 aromatic carbocycles. The van der Waals surface area contributed by atoms with Crippen LogP contribution in [0.15, 0.2) is 148 Å². The quantitative estimate of drug-likeness (QED) is 0.150. The summed E-state index contributed by atoms with van der Waals surface area (Å²) >= 11 is 0. The summed E-state index contributed by atoms with van der Waals surface area (Å²) in [4.78, 5) is 28.5. The second kappa shape index (κ2) is 14.2. The van der Waals surface area contributed by atoms with E-state index in [0.717, 1.165) is 50.1 Å². The third-order valence-corrected chi connectivity index (χ3v) is 9.80. The molecule has 1 aliphatic rings. The topological polar surface area (TPSA) is 54.7 Å². The van der Waals surface area contributed by atoms with Crippen LogP contribution in [-0.4, -0.2) is 0 Å². The molecule has 6 aromatic rings. The molecule has 4 nitrogen and oxygen atoms in total. The van der Waals surface area contributed by atoms with Crippen molar-refractivity contribution in [3.63, 3.8) is 0 Å². The van der Waals surface area contributed by atoms with Gasteiger partial charge in [-0.3, -0.25) is 9.59 Å². The standard InChI is InChI=1S/C48H41O4/c1-7-39(37-25-41(33-17-9-29(3)10-18-33)51-42(26-37)34-19-11-30(4)12-20-34)45-47(49)46(48(45)50)40(8-2)38-27-43(35-21-13-31(5)14-22-35)52-44(28-38)36-23-15-32(6)16-24-36/h7,9-28,37H,1,8H2,2-6H3/q+1. The lowest BCUT2D eigenvalue weighted by Crippen LogP contribution is -2.66. The minimum atomic E-state index is -0.412. The zero-order valence-corrected chi connectivity index (χ0v) is 30.2. The molecule has 0 atom stereocenters. The highest BCUT2D eigenvalue weighted by atomic mass is 16.5. The van der Waals surface area contributed by atoms with Crippen LogP contribution in [0.2, 0.25) is 0 Å². The molecule has 2 heterocycles. The molecule has 1 aromatic heterocycles. The van der Waals surface area contributed by atoms with Gasteiger partial charge in [0.15, 0.2) is 0 Å². The van der Waals surface area contributed by atoms with Crippen molar-refractivity contribution in [2.75, 3.05) is 0 Å². The van der Waals surface area contributed by atoms with Crippen molar-refractivity contribution in [1.82, 2.24) is 0 Å². The molecule has 4 heteroatoms. The maximum atomic E-state index is 14.3. The molecule has 0 aliphatic carbocycles. The van der Waals surface area contributed by atoms with Crippen LogP contribution in [0.5, 0.6) is 0 Å². The first-order valence-electron chi connectivity index (χ1n) is 17.7. The molecule has 0 fully saturated rings. The Hall–Kier alpha value is -6.13. The first kappa shape index (κ1) is 34.3. The van der Waals surface area contributed by atoms with Gasteiger partial charge in [0.1, 0.15) is 11.5 Å². The number of rotatable bonds is 8. The van der Waals surface area contributed by atoms with Crippen LogP contribution in [-0.2, 0) is 4.74 Å². The Balaban J connectivity index is 1.42. The van der Waals surface area contributed by atoms with Crippen molar-refractivity contribution in [1.29, 1.82) is 0 Å². The molecule has 7 rings (SSSR count). The predicted molar refractivity (Wildman–Crippen MR) is 213 cm³/mol. The second-order valence-corrected chi connectivity index (χ2v) is 13.6. The van der Waals surface area contributed by atoms with E-state index < -0.39 is 5.92 Å². The van der Waals surface area contributed by atoms with Gasteiger partial charge in [-0.25, -0.2) is 4.42 Å². The molecule has 0 bridgehead atoms.